The van der Waals surface area contributed by atoms with E-state index in [0.29, 0.717) is 36.5 Å². The number of aromatic nitrogens is 4. The van der Waals surface area contributed by atoms with Gasteiger partial charge in [-0.05, 0) is 30.6 Å². The molecule has 1 amide bonds. The van der Waals surface area contributed by atoms with Crippen LogP contribution in [0.4, 0.5) is 0 Å². The van der Waals surface area contributed by atoms with Gasteiger partial charge < -0.3 is 4.90 Å². The van der Waals surface area contributed by atoms with Crippen LogP contribution in [0.3, 0.4) is 0 Å². The largest absolute Gasteiger partial charge is 0.339 e. The quantitative estimate of drug-likeness (QED) is 0.906. The number of aryl methyl sites for hydroxylation is 1. The van der Waals surface area contributed by atoms with Crippen LogP contribution in [0.25, 0.3) is 0 Å². The maximum atomic E-state index is 12.5. The van der Waals surface area contributed by atoms with Crippen LogP contribution < -0.4 is 0 Å². The fraction of sp³-hybridized carbons (Fsp3) is 0.857. The highest BCUT2D eigenvalue weighted by Gasteiger charge is 2.50. The molecule has 1 aliphatic carbocycles. The number of likely N-dealkylation sites (tertiary alicyclic amines) is 1. The van der Waals surface area contributed by atoms with Crippen molar-refractivity contribution in [2.24, 2.45) is 11.3 Å². The summed E-state index contributed by atoms with van der Waals surface area (Å²) in [7, 11) is 0. The zero-order valence-electron chi connectivity index (χ0n) is 12.3. The van der Waals surface area contributed by atoms with E-state index in [1.807, 2.05) is 0 Å². The summed E-state index contributed by atoms with van der Waals surface area (Å²) in [5, 5.41) is 13.8. The Hall–Kier alpha value is -1.46. The predicted octanol–water partition coefficient (Wildman–Crippen LogP) is 1.56. The van der Waals surface area contributed by atoms with Crippen molar-refractivity contribution >= 4 is 5.91 Å². The van der Waals surface area contributed by atoms with Crippen LogP contribution in [0.1, 0.15) is 51.8 Å². The van der Waals surface area contributed by atoms with Crippen LogP contribution >= 0.6 is 0 Å². The summed E-state index contributed by atoms with van der Waals surface area (Å²) < 4.78 is 0. The zero-order valence-corrected chi connectivity index (χ0v) is 12.3. The van der Waals surface area contributed by atoms with Crippen molar-refractivity contribution in [2.45, 2.75) is 58.4 Å². The Bertz CT molecular complexity index is 470. The first-order valence-electron chi connectivity index (χ1n) is 7.60. The van der Waals surface area contributed by atoms with Crippen molar-refractivity contribution in [2.75, 3.05) is 6.54 Å². The van der Waals surface area contributed by atoms with E-state index in [2.05, 4.69) is 39.4 Å². The lowest BCUT2D eigenvalue weighted by atomic mass is 9.80. The number of carbonyl (C=O) groups is 1. The smallest absolute Gasteiger partial charge is 0.222 e. The second-order valence-electron chi connectivity index (χ2n) is 6.80. The summed E-state index contributed by atoms with van der Waals surface area (Å²) in [6.07, 6.45) is 5.84. The van der Waals surface area contributed by atoms with Crippen LogP contribution in [-0.4, -0.2) is 44.0 Å². The zero-order chi connectivity index (χ0) is 14.2. The SMILES string of the molecule is CC1(C)CN(C(=O)CCCc2nn[nH]n2)[C@H]2CCC[C@H]21. The van der Waals surface area contributed by atoms with Crippen LogP contribution in [-0.2, 0) is 11.2 Å². The molecule has 0 aromatic carbocycles. The Labute approximate surface area is 119 Å². The fourth-order valence-corrected chi connectivity index (χ4v) is 4.00. The highest BCUT2D eigenvalue weighted by Crippen LogP contribution is 2.48. The summed E-state index contributed by atoms with van der Waals surface area (Å²) in [5.41, 5.74) is 0.282. The van der Waals surface area contributed by atoms with E-state index in [0.717, 1.165) is 13.0 Å². The molecule has 2 atom stereocenters. The monoisotopic (exact) mass is 277 g/mol. The van der Waals surface area contributed by atoms with Gasteiger partial charge in [0.05, 0.1) is 0 Å². The Kier molecular flexibility index (Phi) is 3.48. The second kappa shape index (κ2) is 5.14. The molecule has 1 aromatic heterocycles. The lowest BCUT2D eigenvalue weighted by molar-refractivity contribution is -0.132. The summed E-state index contributed by atoms with van der Waals surface area (Å²) in [5.74, 6) is 1.69. The van der Waals surface area contributed by atoms with Gasteiger partial charge in [-0.1, -0.05) is 25.5 Å². The molecule has 6 nitrogen and oxygen atoms in total. The molecule has 1 saturated heterocycles. The third-order valence-corrected chi connectivity index (χ3v) is 4.96. The summed E-state index contributed by atoms with van der Waals surface area (Å²) in [6, 6.07) is 0.489. The van der Waals surface area contributed by atoms with E-state index in [4.69, 9.17) is 0 Å². The lowest BCUT2D eigenvalue weighted by Crippen LogP contribution is -2.36. The minimum atomic E-state index is 0.282. The number of aromatic amines is 1. The van der Waals surface area contributed by atoms with Crippen LogP contribution in [0, 0.1) is 11.3 Å². The first-order valence-corrected chi connectivity index (χ1v) is 7.60. The molecular formula is C14H23N5O. The van der Waals surface area contributed by atoms with Crippen molar-refractivity contribution in [1.82, 2.24) is 25.5 Å². The van der Waals surface area contributed by atoms with Gasteiger partial charge in [0.2, 0.25) is 5.91 Å². The van der Waals surface area contributed by atoms with Crippen molar-refractivity contribution in [3.8, 4) is 0 Å². The highest BCUT2D eigenvalue weighted by molar-refractivity contribution is 5.77. The first-order chi connectivity index (χ1) is 9.58. The Balaban J connectivity index is 1.55. The van der Waals surface area contributed by atoms with Gasteiger partial charge in [-0.2, -0.15) is 5.21 Å². The second-order valence-corrected chi connectivity index (χ2v) is 6.80. The van der Waals surface area contributed by atoms with E-state index in [1.54, 1.807) is 0 Å². The molecule has 0 spiro atoms. The number of fused-ring (bicyclic) bond motifs is 1. The van der Waals surface area contributed by atoms with Gasteiger partial charge in [-0.3, -0.25) is 4.79 Å². The maximum absolute atomic E-state index is 12.5. The van der Waals surface area contributed by atoms with Gasteiger partial charge in [-0.15, -0.1) is 10.2 Å². The topological polar surface area (TPSA) is 74.8 Å². The lowest BCUT2D eigenvalue weighted by Gasteiger charge is -2.24. The highest BCUT2D eigenvalue weighted by atomic mass is 16.2. The number of H-pyrrole nitrogens is 1. The number of hydrogen-bond donors (Lipinski definition) is 1. The van der Waals surface area contributed by atoms with Gasteiger partial charge in [0, 0.05) is 25.4 Å². The van der Waals surface area contributed by atoms with E-state index >= 15 is 0 Å². The van der Waals surface area contributed by atoms with Crippen LogP contribution in [0.5, 0.6) is 0 Å². The normalized spacial score (nSPS) is 27.8. The summed E-state index contributed by atoms with van der Waals surface area (Å²) in [4.78, 5) is 14.6. The number of nitrogens with zero attached hydrogens (tertiary/aromatic N) is 4. The molecule has 0 radical (unpaired) electrons. The fourth-order valence-electron chi connectivity index (χ4n) is 4.00. The molecule has 2 fully saturated rings. The minimum Gasteiger partial charge on any atom is -0.339 e. The van der Waals surface area contributed by atoms with E-state index < -0.39 is 0 Å². The number of amides is 1. The summed E-state index contributed by atoms with van der Waals surface area (Å²) >= 11 is 0. The average molecular weight is 277 g/mol. The molecule has 1 aromatic rings. The van der Waals surface area contributed by atoms with Gasteiger partial charge in [0.25, 0.3) is 0 Å². The molecule has 6 heteroatoms. The Morgan fingerprint density at radius 3 is 3.05 bits per heavy atom. The van der Waals surface area contributed by atoms with E-state index in [9.17, 15) is 4.79 Å². The summed E-state index contributed by atoms with van der Waals surface area (Å²) in [6.45, 7) is 5.54. The number of carbonyl (C=O) groups excluding carboxylic acids is 1. The molecule has 0 unspecified atom stereocenters. The molecule has 20 heavy (non-hydrogen) atoms. The van der Waals surface area contributed by atoms with Crippen molar-refractivity contribution in [3.05, 3.63) is 5.82 Å². The van der Waals surface area contributed by atoms with Crippen molar-refractivity contribution in [3.63, 3.8) is 0 Å². The van der Waals surface area contributed by atoms with E-state index in [1.165, 1.54) is 19.3 Å². The molecule has 1 saturated carbocycles. The molecule has 1 aliphatic heterocycles. The third-order valence-electron chi connectivity index (χ3n) is 4.96. The van der Waals surface area contributed by atoms with Gasteiger partial charge in [0.15, 0.2) is 5.82 Å². The maximum Gasteiger partial charge on any atom is 0.222 e. The predicted molar refractivity (Wildman–Crippen MR) is 73.7 cm³/mol. The first kappa shape index (κ1) is 13.5. The van der Waals surface area contributed by atoms with Crippen molar-refractivity contribution in [1.29, 1.82) is 0 Å². The molecule has 0 bridgehead atoms. The number of tetrazole rings is 1. The standard InChI is InChI=1S/C14H23N5O/c1-14(2)9-19(11-6-3-5-10(11)14)13(20)8-4-7-12-15-17-18-16-12/h10-11H,3-9H2,1-2H3,(H,15,16,17,18)/t10-,11+/m1/s1. The molecular weight excluding hydrogens is 254 g/mol. The van der Waals surface area contributed by atoms with E-state index in [-0.39, 0.29) is 5.41 Å². The molecule has 3 rings (SSSR count). The average Bonchev–Trinajstić information content (AvgIpc) is 3.09. The van der Waals surface area contributed by atoms with Gasteiger partial charge in [0.1, 0.15) is 0 Å². The van der Waals surface area contributed by atoms with Crippen LogP contribution in [0.15, 0.2) is 0 Å². The number of hydrogen-bond acceptors (Lipinski definition) is 4. The minimum absolute atomic E-state index is 0.282. The molecule has 110 valence electrons. The molecule has 2 aliphatic rings. The Morgan fingerprint density at radius 1 is 1.45 bits per heavy atom. The molecule has 2 heterocycles. The Morgan fingerprint density at radius 2 is 2.30 bits per heavy atom. The molecule has 1 N–H and O–H groups in total. The number of rotatable bonds is 4. The van der Waals surface area contributed by atoms with Crippen LogP contribution in [0.2, 0.25) is 0 Å². The third kappa shape index (κ3) is 2.43. The van der Waals surface area contributed by atoms with Gasteiger partial charge >= 0.3 is 0 Å². The van der Waals surface area contributed by atoms with Crippen molar-refractivity contribution < 1.29 is 4.79 Å². The number of nitrogens with one attached hydrogen (secondary N) is 1. The van der Waals surface area contributed by atoms with Gasteiger partial charge in [-0.25, -0.2) is 0 Å².